The van der Waals surface area contributed by atoms with Crippen LogP contribution in [0.3, 0.4) is 0 Å². The lowest BCUT2D eigenvalue weighted by Gasteiger charge is -2.19. The van der Waals surface area contributed by atoms with E-state index in [0.29, 0.717) is 17.8 Å². The van der Waals surface area contributed by atoms with Crippen molar-refractivity contribution in [2.45, 2.75) is 21.6 Å². The average molecular weight is 905 g/mol. The number of phenolic OH excluding ortho intramolecular Hbond substituents is 2. The van der Waals surface area contributed by atoms with Crippen LogP contribution in [0.2, 0.25) is 0 Å². The average Bonchev–Trinajstić information content (AvgIpc) is 3.51. The summed E-state index contributed by atoms with van der Waals surface area (Å²) in [5, 5.41) is 61.3. The molecule has 0 saturated heterocycles. The number of aliphatic hydroxyl groups is 2. The van der Waals surface area contributed by atoms with E-state index in [0.717, 1.165) is 18.2 Å². The lowest BCUT2D eigenvalue weighted by Crippen LogP contribution is -2.15. The molecule has 6 rings (SSSR count). The molecule has 0 aliphatic heterocycles. The van der Waals surface area contributed by atoms with Crippen LogP contribution < -0.4 is 25.9 Å². The number of H-pyrrole nitrogens is 2. The van der Waals surface area contributed by atoms with Crippen molar-refractivity contribution in [3.8, 4) is 23.0 Å². The Balaban J connectivity index is 1.41. The van der Waals surface area contributed by atoms with Crippen molar-refractivity contribution in [3.05, 3.63) is 76.7 Å². The van der Waals surface area contributed by atoms with Gasteiger partial charge in [-0.25, -0.2) is 0 Å². The van der Waals surface area contributed by atoms with Gasteiger partial charge in [0.25, 0.3) is 35.9 Å². The zero-order valence-corrected chi connectivity index (χ0v) is 33.4. The van der Waals surface area contributed by atoms with E-state index in [2.05, 4.69) is 41.5 Å². The molecule has 0 fully saturated rings. The lowest BCUT2D eigenvalue weighted by atomic mass is 10.1. The SMILES string of the molecule is Cc1[nH][nH]c(=O)c1N=Nc1ccc2c(O)c(NNc3cc(OCCO)c(N=Nc4ccc(S(=O)(=O)O)c5cc(S(=O)(=O)O)cc(O)c45)cc3OCCO)c(S(=O)(=O)O)cc2c1. The van der Waals surface area contributed by atoms with Crippen LogP contribution in [0.5, 0.6) is 23.0 Å². The molecule has 0 bridgehead atoms. The van der Waals surface area contributed by atoms with E-state index in [1.54, 1.807) is 6.92 Å². The first-order valence-corrected chi connectivity index (χ1v) is 21.3. The molecule has 0 unspecified atom stereocenters. The molecule has 0 spiro atoms. The van der Waals surface area contributed by atoms with Crippen LogP contribution in [0.4, 0.5) is 34.1 Å². The Morgan fingerprint density at radius 2 is 1.34 bits per heavy atom. The molecule has 0 aliphatic rings. The second-order valence-electron chi connectivity index (χ2n) is 12.5. The van der Waals surface area contributed by atoms with Crippen LogP contribution in [0.25, 0.3) is 21.5 Å². The number of ether oxygens (including phenoxy) is 2. The van der Waals surface area contributed by atoms with E-state index in [1.165, 1.54) is 30.3 Å². The van der Waals surface area contributed by atoms with Gasteiger partial charge in [-0.3, -0.25) is 34.4 Å². The predicted octanol–water partition coefficient (Wildman–Crippen LogP) is 4.48. The van der Waals surface area contributed by atoms with Crippen molar-refractivity contribution in [3.63, 3.8) is 0 Å². The zero-order chi connectivity index (χ0) is 44.4. The maximum atomic E-state index is 12.6. The number of hydrazine groups is 1. The highest BCUT2D eigenvalue weighted by Gasteiger charge is 2.25. The van der Waals surface area contributed by atoms with Crippen LogP contribution in [0.15, 0.2) is 101 Å². The minimum atomic E-state index is -5.07. The first-order valence-electron chi connectivity index (χ1n) is 17.0. The summed E-state index contributed by atoms with van der Waals surface area (Å²) < 4.78 is 114. The number of nitrogens with zero attached hydrogens (tertiary/aromatic N) is 4. The smallest absolute Gasteiger partial charge is 0.296 e. The molecular formula is C34H32N8O16S3. The van der Waals surface area contributed by atoms with Crippen LogP contribution in [0.1, 0.15) is 5.69 Å². The van der Waals surface area contributed by atoms with Crippen molar-refractivity contribution in [1.29, 1.82) is 0 Å². The Hall–Kier alpha value is -6.72. The summed E-state index contributed by atoms with van der Waals surface area (Å²) in [6, 6.07) is 10.7. The number of hydrogen-bond donors (Lipinski definition) is 11. The van der Waals surface area contributed by atoms with E-state index in [-0.39, 0.29) is 63.9 Å². The number of benzene rings is 5. The van der Waals surface area contributed by atoms with E-state index in [1.807, 2.05) is 0 Å². The number of aromatic hydroxyl groups is 2. The van der Waals surface area contributed by atoms with Gasteiger partial charge in [-0.15, -0.1) is 15.3 Å². The van der Waals surface area contributed by atoms with Gasteiger partial charge in [0.05, 0.1) is 46.3 Å². The topological polar surface area (TPSA) is 385 Å². The summed E-state index contributed by atoms with van der Waals surface area (Å²) in [6.45, 7) is -0.103. The molecule has 5 aromatic carbocycles. The fraction of sp³-hybridized carbons (Fsp3) is 0.147. The quantitative estimate of drug-likeness (QED) is 0.0276. The molecule has 6 aromatic rings. The number of aromatic nitrogens is 2. The van der Waals surface area contributed by atoms with Crippen LogP contribution in [0, 0.1) is 6.92 Å². The van der Waals surface area contributed by atoms with Gasteiger partial charge in [0, 0.05) is 29.0 Å². The van der Waals surface area contributed by atoms with Gasteiger partial charge in [0.2, 0.25) is 0 Å². The third kappa shape index (κ3) is 9.53. The number of nitrogens with one attached hydrogen (secondary N) is 4. The number of aryl methyl sites for hydroxylation is 1. The standard InChI is InChI=1S/C34H32N8O16S3/c1-16-31(34(47)42-35-16)40-36-18-2-3-20-17(10-18)11-29(61(54,55)56)32(33(20)46)41-39-24-15-26(57-8-6-43)23(14-27(24)58-9-7-44)38-37-22-4-5-28(60(51,52)53)21-12-19(59(48,49)50)13-25(45)30(21)22/h2-5,10-15,39,41,43-46H,6-9H2,1H3,(H2,35,42,47)(H,48,49,50)(H,51,52,53)(H,54,55,56). The third-order valence-corrected chi connectivity index (χ3v) is 11.1. The second-order valence-corrected chi connectivity index (χ2v) is 16.7. The first-order chi connectivity index (χ1) is 28.7. The van der Waals surface area contributed by atoms with Gasteiger partial charge in [-0.05, 0) is 54.8 Å². The third-order valence-electron chi connectivity index (χ3n) is 8.46. The van der Waals surface area contributed by atoms with Gasteiger partial charge in [-0.2, -0.15) is 30.4 Å². The molecule has 27 heteroatoms. The van der Waals surface area contributed by atoms with Gasteiger partial charge in [0.15, 0.2) is 5.69 Å². The van der Waals surface area contributed by atoms with E-state index < -0.39 is 91.8 Å². The van der Waals surface area contributed by atoms with Crippen LogP contribution in [-0.2, 0) is 30.4 Å². The number of hydrogen-bond acceptors (Lipinski definition) is 19. The Bertz CT molecular complexity index is 3170. The van der Waals surface area contributed by atoms with Crippen molar-refractivity contribution >= 4 is 86.0 Å². The highest BCUT2D eigenvalue weighted by molar-refractivity contribution is 7.86. The fourth-order valence-electron chi connectivity index (χ4n) is 5.76. The maximum absolute atomic E-state index is 12.6. The second kappa shape index (κ2) is 17.1. The summed E-state index contributed by atoms with van der Waals surface area (Å²) in [6.07, 6.45) is 0. The fourth-order valence-corrected chi connectivity index (χ4v) is 7.65. The monoisotopic (exact) mass is 904 g/mol. The summed E-state index contributed by atoms with van der Waals surface area (Å²) in [5.41, 5.74) is 4.09. The zero-order valence-electron chi connectivity index (χ0n) is 30.9. The van der Waals surface area contributed by atoms with Crippen molar-refractivity contribution < 1.29 is 68.8 Å². The number of phenols is 2. The van der Waals surface area contributed by atoms with Crippen molar-refractivity contribution in [1.82, 2.24) is 10.2 Å². The van der Waals surface area contributed by atoms with E-state index >= 15 is 0 Å². The Kier molecular flexibility index (Phi) is 12.3. The number of fused-ring (bicyclic) bond motifs is 2. The van der Waals surface area contributed by atoms with Gasteiger partial charge in [-0.1, -0.05) is 0 Å². The number of rotatable bonds is 16. The van der Waals surface area contributed by atoms with Crippen LogP contribution >= 0.6 is 0 Å². The minimum Gasteiger partial charge on any atom is -0.507 e. The number of aliphatic hydroxyl groups excluding tert-OH is 2. The molecule has 0 radical (unpaired) electrons. The highest BCUT2D eigenvalue weighted by Crippen LogP contribution is 2.44. The summed E-state index contributed by atoms with van der Waals surface area (Å²) >= 11 is 0. The Morgan fingerprint density at radius 1 is 0.672 bits per heavy atom. The Labute approximate surface area is 343 Å². The van der Waals surface area contributed by atoms with Crippen LogP contribution in [-0.4, -0.2) is 96.0 Å². The molecule has 0 saturated carbocycles. The molecule has 1 aromatic heterocycles. The van der Waals surface area contributed by atoms with Gasteiger partial charge < -0.3 is 35.0 Å². The largest absolute Gasteiger partial charge is 0.507 e. The molecular weight excluding hydrogens is 873 g/mol. The summed E-state index contributed by atoms with van der Waals surface area (Å²) in [7, 11) is -15.1. The molecule has 61 heavy (non-hydrogen) atoms. The number of aromatic amines is 2. The summed E-state index contributed by atoms with van der Waals surface area (Å²) in [4.78, 5) is 9.39. The normalized spacial score (nSPS) is 12.5. The molecule has 1 heterocycles. The molecule has 0 atom stereocenters. The molecule has 322 valence electrons. The van der Waals surface area contributed by atoms with E-state index in [4.69, 9.17) is 9.47 Å². The predicted molar refractivity (Wildman–Crippen MR) is 214 cm³/mol. The number of azo groups is 2. The van der Waals surface area contributed by atoms with Crippen molar-refractivity contribution in [2.75, 3.05) is 37.3 Å². The molecule has 0 amide bonds. The minimum absolute atomic E-state index is 0.00309. The number of anilines is 2. The molecule has 24 nitrogen and oxygen atoms in total. The maximum Gasteiger partial charge on any atom is 0.296 e. The van der Waals surface area contributed by atoms with E-state index in [9.17, 15) is 64.1 Å². The first kappa shape index (κ1) is 43.8. The van der Waals surface area contributed by atoms with Gasteiger partial charge >= 0.3 is 0 Å². The van der Waals surface area contributed by atoms with Gasteiger partial charge in [0.1, 0.15) is 57.4 Å². The molecule has 11 N–H and O–H groups in total. The Morgan fingerprint density at radius 3 is 1.97 bits per heavy atom. The lowest BCUT2D eigenvalue weighted by molar-refractivity contribution is 0.199. The molecule has 0 aliphatic carbocycles. The summed E-state index contributed by atoms with van der Waals surface area (Å²) in [5.74, 6) is -1.85. The van der Waals surface area contributed by atoms with Crippen molar-refractivity contribution in [2.24, 2.45) is 20.5 Å². The highest BCUT2D eigenvalue weighted by atomic mass is 32.2.